The summed E-state index contributed by atoms with van der Waals surface area (Å²) in [6.45, 7) is 4.63. The van der Waals surface area contributed by atoms with Crippen LogP contribution in [0.25, 0.3) is 98.8 Å². The molecule has 0 radical (unpaired) electrons. The van der Waals surface area contributed by atoms with Gasteiger partial charge in [-0.05, 0) is 58.3 Å². The predicted molar refractivity (Wildman–Crippen MR) is 204 cm³/mol. The van der Waals surface area contributed by atoms with Gasteiger partial charge in [-0.15, -0.1) is 0 Å². The summed E-state index contributed by atoms with van der Waals surface area (Å²) < 4.78 is 4.83. The summed E-state index contributed by atoms with van der Waals surface area (Å²) in [4.78, 5) is 11.0. The van der Waals surface area contributed by atoms with Crippen molar-refractivity contribution < 1.29 is 0 Å². The van der Waals surface area contributed by atoms with Gasteiger partial charge < -0.3 is 4.40 Å². The maximum absolute atomic E-state index is 5.55. The molecule has 1 aliphatic carbocycles. The van der Waals surface area contributed by atoms with E-state index < -0.39 is 0 Å². The van der Waals surface area contributed by atoms with Crippen molar-refractivity contribution in [1.29, 1.82) is 0 Å². The number of nitrogens with zero attached hydrogens (tertiary/aromatic N) is 4. The van der Waals surface area contributed by atoms with Crippen molar-refractivity contribution in [2.45, 2.75) is 19.3 Å². The van der Waals surface area contributed by atoms with E-state index in [1.807, 2.05) is 0 Å². The largest absolute Gasteiger partial charge is 0.308 e. The van der Waals surface area contributed by atoms with E-state index in [0.717, 1.165) is 27.6 Å². The van der Waals surface area contributed by atoms with Gasteiger partial charge in [-0.1, -0.05) is 111 Å². The molecule has 49 heavy (non-hydrogen) atoms. The Bertz CT molecular complexity index is 3250. The molecule has 0 saturated carbocycles. The standard InChI is InChI=1S/C45H28N4/c1-45(2)33-17-8-5-16-29(33)41-40-34(45)18-11-19-35(40)46-44(47-41)49-37-21-10-7-15-28(37)31-24-30-27-14-6-9-20-36(27)48-38-23-26-13-4-3-12-25(26)22-32(38)39(42(30)48)43(31)49/h3-24H,1-2H3. The Balaban J connectivity index is 1.33. The minimum absolute atomic E-state index is 0.155. The number of hydrogen-bond donors (Lipinski definition) is 0. The smallest absolute Gasteiger partial charge is 0.235 e. The maximum Gasteiger partial charge on any atom is 0.235 e. The van der Waals surface area contributed by atoms with E-state index in [-0.39, 0.29) is 5.41 Å². The van der Waals surface area contributed by atoms with Gasteiger partial charge in [0.25, 0.3) is 0 Å². The van der Waals surface area contributed by atoms with Gasteiger partial charge in [-0.2, -0.15) is 0 Å². The fourth-order valence-electron chi connectivity index (χ4n) is 9.26. The average Bonchev–Trinajstić information content (AvgIpc) is 3.77. The molecule has 11 aromatic rings. The van der Waals surface area contributed by atoms with Crippen molar-refractivity contribution in [2.24, 2.45) is 0 Å². The second-order valence-corrected chi connectivity index (χ2v) is 14.2. The average molecular weight is 625 g/mol. The van der Waals surface area contributed by atoms with Crippen molar-refractivity contribution >= 4 is 81.6 Å². The van der Waals surface area contributed by atoms with Gasteiger partial charge in [0.05, 0.1) is 38.8 Å². The van der Waals surface area contributed by atoms with Crippen molar-refractivity contribution in [2.75, 3.05) is 0 Å². The summed E-state index contributed by atoms with van der Waals surface area (Å²) >= 11 is 0. The highest BCUT2D eigenvalue weighted by molar-refractivity contribution is 6.34. The van der Waals surface area contributed by atoms with Gasteiger partial charge >= 0.3 is 0 Å². The molecule has 4 heterocycles. The molecule has 228 valence electrons. The first kappa shape index (κ1) is 25.8. The number of fused-ring (bicyclic) bond motifs is 13. The third-order valence-electron chi connectivity index (χ3n) is 11.4. The molecule has 0 atom stereocenters. The van der Waals surface area contributed by atoms with Gasteiger partial charge in [0.15, 0.2) is 0 Å². The molecule has 0 fully saturated rings. The summed E-state index contributed by atoms with van der Waals surface area (Å²) in [5.41, 5.74) is 11.6. The molecule has 0 bridgehead atoms. The van der Waals surface area contributed by atoms with Crippen molar-refractivity contribution in [1.82, 2.24) is 18.9 Å². The minimum atomic E-state index is -0.155. The zero-order valence-corrected chi connectivity index (χ0v) is 27.0. The lowest BCUT2D eigenvalue weighted by atomic mass is 9.70. The fourth-order valence-corrected chi connectivity index (χ4v) is 9.26. The molecule has 7 aromatic carbocycles. The van der Waals surface area contributed by atoms with E-state index in [1.54, 1.807) is 0 Å². The number of aromatic nitrogens is 4. The van der Waals surface area contributed by atoms with Crippen molar-refractivity contribution in [3.05, 3.63) is 145 Å². The van der Waals surface area contributed by atoms with Crippen LogP contribution in [-0.4, -0.2) is 18.9 Å². The Hall–Kier alpha value is -6.26. The Morgan fingerprint density at radius 3 is 2.02 bits per heavy atom. The van der Waals surface area contributed by atoms with Crippen molar-refractivity contribution in [3.8, 4) is 17.2 Å². The van der Waals surface area contributed by atoms with Crippen LogP contribution in [0.1, 0.15) is 25.0 Å². The molecule has 0 N–H and O–H groups in total. The Morgan fingerprint density at radius 1 is 0.490 bits per heavy atom. The highest BCUT2D eigenvalue weighted by Crippen LogP contribution is 2.49. The summed E-state index contributed by atoms with van der Waals surface area (Å²) in [7, 11) is 0. The first-order valence-electron chi connectivity index (χ1n) is 17.0. The van der Waals surface area contributed by atoms with E-state index in [1.165, 1.54) is 76.3 Å². The van der Waals surface area contributed by atoms with Gasteiger partial charge in [0.2, 0.25) is 5.95 Å². The molecule has 0 aliphatic heterocycles. The Labute approximate surface area is 280 Å². The van der Waals surface area contributed by atoms with E-state index in [2.05, 4.69) is 156 Å². The number of benzene rings is 7. The summed E-state index contributed by atoms with van der Waals surface area (Å²) in [6.07, 6.45) is 0. The van der Waals surface area contributed by atoms with Crippen molar-refractivity contribution in [3.63, 3.8) is 0 Å². The first-order chi connectivity index (χ1) is 24.1. The quantitative estimate of drug-likeness (QED) is 0.182. The summed E-state index contributed by atoms with van der Waals surface area (Å²) in [5, 5.41) is 11.1. The van der Waals surface area contributed by atoms with E-state index >= 15 is 0 Å². The highest BCUT2D eigenvalue weighted by atomic mass is 15.2. The van der Waals surface area contributed by atoms with Crippen LogP contribution in [0.2, 0.25) is 0 Å². The van der Waals surface area contributed by atoms with Crippen LogP contribution >= 0.6 is 0 Å². The second-order valence-electron chi connectivity index (χ2n) is 14.2. The summed E-state index contributed by atoms with van der Waals surface area (Å²) in [5.74, 6) is 0.702. The minimum Gasteiger partial charge on any atom is -0.308 e. The number of para-hydroxylation sites is 2. The van der Waals surface area contributed by atoms with E-state index in [9.17, 15) is 0 Å². The molecule has 0 amide bonds. The fraction of sp³-hybridized carbons (Fsp3) is 0.0667. The molecule has 0 spiro atoms. The maximum atomic E-state index is 5.55. The first-order valence-corrected chi connectivity index (χ1v) is 17.0. The summed E-state index contributed by atoms with van der Waals surface area (Å²) in [6, 6.07) is 48.8. The molecule has 12 rings (SSSR count). The van der Waals surface area contributed by atoms with Gasteiger partial charge in [0, 0.05) is 48.7 Å². The highest BCUT2D eigenvalue weighted by Gasteiger charge is 2.35. The number of hydrogen-bond acceptors (Lipinski definition) is 2. The molecule has 0 unspecified atom stereocenters. The number of rotatable bonds is 1. The third kappa shape index (κ3) is 3.02. The lowest BCUT2D eigenvalue weighted by molar-refractivity contribution is 0.643. The molecule has 1 aliphatic rings. The van der Waals surface area contributed by atoms with Crippen LogP contribution in [-0.2, 0) is 5.41 Å². The Kier molecular flexibility index (Phi) is 4.53. The molecule has 4 heteroatoms. The Morgan fingerprint density at radius 2 is 1.16 bits per heavy atom. The molecule has 4 aromatic heterocycles. The topological polar surface area (TPSA) is 35.1 Å². The van der Waals surface area contributed by atoms with Crippen LogP contribution in [0.15, 0.2) is 133 Å². The van der Waals surface area contributed by atoms with Crippen LogP contribution < -0.4 is 0 Å². The van der Waals surface area contributed by atoms with Crippen LogP contribution in [0, 0.1) is 0 Å². The lowest BCUT2D eigenvalue weighted by Crippen LogP contribution is -2.24. The molecular weight excluding hydrogens is 597 g/mol. The molecular formula is C45H28N4. The second kappa shape index (κ2) is 8.60. The van der Waals surface area contributed by atoms with Gasteiger partial charge in [0.1, 0.15) is 0 Å². The third-order valence-corrected chi connectivity index (χ3v) is 11.4. The molecule has 0 saturated heterocycles. The normalized spacial score (nSPS) is 14.1. The van der Waals surface area contributed by atoms with Crippen LogP contribution in [0.5, 0.6) is 0 Å². The zero-order chi connectivity index (χ0) is 32.2. The predicted octanol–water partition coefficient (Wildman–Crippen LogP) is 11.3. The van der Waals surface area contributed by atoms with Crippen LogP contribution in [0.3, 0.4) is 0 Å². The monoisotopic (exact) mass is 624 g/mol. The van der Waals surface area contributed by atoms with Gasteiger partial charge in [-0.25, -0.2) is 9.97 Å². The van der Waals surface area contributed by atoms with E-state index in [0.29, 0.717) is 5.95 Å². The van der Waals surface area contributed by atoms with Crippen LogP contribution in [0.4, 0.5) is 0 Å². The SMILES string of the molecule is CC1(C)c2ccccc2-c2nc(-n3c4ccccc4c4cc5c6ccccc6n6c7cc8ccccc8cc7c(c43)c56)nc3cccc1c23. The lowest BCUT2D eigenvalue weighted by Gasteiger charge is -2.34. The van der Waals surface area contributed by atoms with Gasteiger partial charge in [-0.3, -0.25) is 4.57 Å². The molecule has 4 nitrogen and oxygen atoms in total. The van der Waals surface area contributed by atoms with E-state index in [4.69, 9.17) is 9.97 Å². The zero-order valence-electron chi connectivity index (χ0n) is 27.0.